The predicted octanol–water partition coefficient (Wildman–Crippen LogP) is 5.23. The predicted molar refractivity (Wildman–Crippen MR) is 137 cm³/mol. The minimum Gasteiger partial charge on any atom is -0.496 e. The second kappa shape index (κ2) is 9.97. The molecule has 0 spiro atoms. The number of rotatable bonds is 7. The summed E-state index contributed by atoms with van der Waals surface area (Å²) in [5.74, 6) is -1.13. The molecule has 4 rings (SSSR count). The highest BCUT2D eigenvalue weighted by Gasteiger charge is 2.59. The standard InChI is InChI=1S/C27H32N4O4S/c1-6-10-27(25(33)34)15-18(20-9-11-28-16-30-20)22(23-29-12-13-36-23)31(27)24(32)17-7-8-19(26(2,3)4)21(14-17)35-5/h7-9,11-14,16,18,22H,6,10,15H2,1-5H3,(H,33,34)/t18-,22-,27+/m1/s1. The summed E-state index contributed by atoms with van der Waals surface area (Å²) >= 11 is 1.41. The van der Waals surface area contributed by atoms with Gasteiger partial charge in [0, 0.05) is 34.9 Å². The molecule has 1 aromatic carbocycles. The van der Waals surface area contributed by atoms with Crippen molar-refractivity contribution < 1.29 is 19.4 Å². The first-order valence-corrected chi connectivity index (χ1v) is 12.9. The number of carboxylic acid groups (broad SMARTS) is 1. The van der Waals surface area contributed by atoms with Crippen LogP contribution in [0.4, 0.5) is 0 Å². The van der Waals surface area contributed by atoms with Crippen LogP contribution in [0.25, 0.3) is 0 Å². The molecule has 8 nitrogen and oxygen atoms in total. The zero-order chi connectivity index (χ0) is 26.1. The van der Waals surface area contributed by atoms with Crippen LogP contribution in [0.1, 0.15) is 85.5 Å². The lowest BCUT2D eigenvalue weighted by atomic mass is 9.85. The minimum atomic E-state index is -1.41. The number of aromatic nitrogens is 3. The van der Waals surface area contributed by atoms with E-state index in [1.807, 2.05) is 18.4 Å². The summed E-state index contributed by atoms with van der Waals surface area (Å²) in [6.45, 7) is 8.17. The second-order valence-corrected chi connectivity index (χ2v) is 11.1. The van der Waals surface area contributed by atoms with Gasteiger partial charge in [-0.2, -0.15) is 0 Å². The number of likely N-dealkylation sites (tertiary alicyclic amines) is 1. The maximum Gasteiger partial charge on any atom is 0.329 e. The fourth-order valence-electron chi connectivity index (χ4n) is 5.31. The molecule has 3 atom stereocenters. The van der Waals surface area contributed by atoms with Crippen LogP contribution in [0.5, 0.6) is 5.75 Å². The van der Waals surface area contributed by atoms with E-state index in [1.165, 1.54) is 17.7 Å². The summed E-state index contributed by atoms with van der Waals surface area (Å²) in [5, 5.41) is 13.2. The first-order chi connectivity index (χ1) is 17.1. The van der Waals surface area contributed by atoms with Crippen LogP contribution in [0.2, 0.25) is 0 Å². The van der Waals surface area contributed by atoms with E-state index < -0.39 is 17.6 Å². The van der Waals surface area contributed by atoms with E-state index in [0.717, 1.165) is 5.56 Å². The minimum absolute atomic E-state index is 0.185. The van der Waals surface area contributed by atoms with Gasteiger partial charge in [0.05, 0.1) is 13.2 Å². The number of hydrogen-bond donors (Lipinski definition) is 1. The van der Waals surface area contributed by atoms with Gasteiger partial charge in [-0.05, 0) is 42.0 Å². The molecule has 0 bridgehead atoms. The van der Waals surface area contributed by atoms with E-state index in [2.05, 4.69) is 35.7 Å². The van der Waals surface area contributed by atoms with Crippen LogP contribution in [0.3, 0.4) is 0 Å². The quantitative estimate of drug-likeness (QED) is 0.466. The first kappa shape index (κ1) is 25.8. The highest BCUT2D eigenvalue weighted by Crippen LogP contribution is 2.54. The topological polar surface area (TPSA) is 106 Å². The van der Waals surface area contributed by atoms with Crippen molar-refractivity contribution in [3.05, 3.63) is 70.2 Å². The molecule has 0 radical (unpaired) electrons. The van der Waals surface area contributed by atoms with Crippen molar-refractivity contribution in [1.29, 1.82) is 0 Å². The van der Waals surface area contributed by atoms with Crippen LogP contribution >= 0.6 is 11.3 Å². The van der Waals surface area contributed by atoms with Crippen LogP contribution < -0.4 is 4.74 Å². The lowest BCUT2D eigenvalue weighted by molar-refractivity contribution is -0.149. The number of aliphatic carboxylic acids is 1. The van der Waals surface area contributed by atoms with Gasteiger partial charge in [0.1, 0.15) is 22.6 Å². The number of carbonyl (C=O) groups is 2. The summed E-state index contributed by atoms with van der Waals surface area (Å²) in [6, 6.07) is 6.59. The zero-order valence-electron chi connectivity index (χ0n) is 21.3. The van der Waals surface area contributed by atoms with E-state index in [1.54, 1.807) is 42.6 Å². The van der Waals surface area contributed by atoms with Crippen molar-refractivity contribution in [2.24, 2.45) is 0 Å². The third kappa shape index (κ3) is 4.48. The first-order valence-electron chi connectivity index (χ1n) is 12.0. The Morgan fingerprint density at radius 3 is 2.56 bits per heavy atom. The van der Waals surface area contributed by atoms with Crippen molar-refractivity contribution in [3.8, 4) is 5.75 Å². The molecule has 2 aromatic heterocycles. The summed E-state index contributed by atoms with van der Waals surface area (Å²) < 4.78 is 5.65. The summed E-state index contributed by atoms with van der Waals surface area (Å²) in [7, 11) is 1.58. The summed E-state index contributed by atoms with van der Waals surface area (Å²) in [4.78, 5) is 41.9. The Kier molecular flexibility index (Phi) is 7.13. The number of carboxylic acids is 1. The molecule has 0 saturated carbocycles. The van der Waals surface area contributed by atoms with Crippen molar-refractivity contribution in [2.45, 2.75) is 69.9 Å². The molecule has 1 aliphatic heterocycles. The van der Waals surface area contributed by atoms with E-state index in [9.17, 15) is 14.7 Å². The fraction of sp³-hybridized carbons (Fsp3) is 0.444. The molecular formula is C27H32N4O4S. The van der Waals surface area contributed by atoms with Crippen molar-refractivity contribution in [3.63, 3.8) is 0 Å². The molecule has 1 N–H and O–H groups in total. The van der Waals surface area contributed by atoms with Gasteiger partial charge in [0.25, 0.3) is 5.91 Å². The van der Waals surface area contributed by atoms with Gasteiger partial charge in [0.2, 0.25) is 0 Å². The van der Waals surface area contributed by atoms with Gasteiger partial charge in [-0.25, -0.2) is 19.7 Å². The number of thiazole rings is 1. The van der Waals surface area contributed by atoms with Crippen LogP contribution in [0, 0.1) is 0 Å². The number of benzene rings is 1. The smallest absolute Gasteiger partial charge is 0.329 e. The Morgan fingerprint density at radius 2 is 2.00 bits per heavy atom. The zero-order valence-corrected chi connectivity index (χ0v) is 22.1. The van der Waals surface area contributed by atoms with Gasteiger partial charge < -0.3 is 14.7 Å². The largest absolute Gasteiger partial charge is 0.496 e. The molecule has 1 aliphatic rings. The maximum absolute atomic E-state index is 14.3. The Balaban J connectivity index is 1.91. The Morgan fingerprint density at radius 1 is 1.22 bits per heavy atom. The SMILES string of the molecule is CCC[C@@]1(C(=O)O)C[C@H](c2ccncn2)[C@H](c2nccs2)N1C(=O)c1ccc(C(C)(C)C)c(OC)c1. The number of methoxy groups -OCH3 is 1. The van der Waals surface area contributed by atoms with E-state index in [-0.39, 0.29) is 23.7 Å². The number of amides is 1. The van der Waals surface area contributed by atoms with Gasteiger partial charge in [-0.1, -0.05) is 40.2 Å². The van der Waals surface area contributed by atoms with Crippen LogP contribution in [-0.4, -0.2) is 49.5 Å². The van der Waals surface area contributed by atoms with Gasteiger partial charge in [-0.15, -0.1) is 11.3 Å². The molecule has 190 valence electrons. The summed E-state index contributed by atoms with van der Waals surface area (Å²) in [5.41, 5.74) is 0.453. The molecular weight excluding hydrogens is 476 g/mol. The van der Waals surface area contributed by atoms with E-state index >= 15 is 0 Å². The number of carbonyl (C=O) groups excluding carboxylic acids is 1. The highest BCUT2D eigenvalue weighted by atomic mass is 32.1. The third-order valence-corrected chi connectivity index (χ3v) is 7.75. The lowest BCUT2D eigenvalue weighted by Crippen LogP contribution is -2.53. The Hall–Kier alpha value is -3.33. The molecule has 1 amide bonds. The third-order valence-electron chi connectivity index (χ3n) is 6.90. The number of ether oxygens (including phenoxy) is 1. The molecule has 9 heteroatoms. The summed E-state index contributed by atoms with van der Waals surface area (Å²) in [6.07, 6.45) is 5.93. The van der Waals surface area contributed by atoms with Crippen LogP contribution in [0.15, 0.2) is 48.4 Å². The van der Waals surface area contributed by atoms with Gasteiger partial charge >= 0.3 is 5.97 Å². The fourth-order valence-corrected chi connectivity index (χ4v) is 6.10. The molecule has 0 unspecified atom stereocenters. The normalized spacial score (nSPS) is 22.0. The van der Waals surface area contributed by atoms with Crippen molar-refractivity contribution in [1.82, 2.24) is 19.9 Å². The molecule has 3 aromatic rings. The highest BCUT2D eigenvalue weighted by molar-refractivity contribution is 7.09. The Bertz CT molecular complexity index is 1230. The monoisotopic (exact) mass is 508 g/mol. The second-order valence-electron chi connectivity index (χ2n) is 10.2. The van der Waals surface area contributed by atoms with E-state index in [0.29, 0.717) is 34.9 Å². The maximum atomic E-state index is 14.3. The molecule has 36 heavy (non-hydrogen) atoms. The number of nitrogens with zero attached hydrogens (tertiary/aromatic N) is 4. The lowest BCUT2D eigenvalue weighted by Gasteiger charge is -2.37. The Labute approximate surface area is 215 Å². The average molecular weight is 509 g/mol. The van der Waals surface area contributed by atoms with Crippen LogP contribution in [-0.2, 0) is 10.2 Å². The van der Waals surface area contributed by atoms with E-state index in [4.69, 9.17) is 4.74 Å². The molecule has 1 fully saturated rings. The molecule has 3 heterocycles. The van der Waals surface area contributed by atoms with Gasteiger partial charge in [-0.3, -0.25) is 4.79 Å². The van der Waals surface area contributed by atoms with Crippen molar-refractivity contribution in [2.75, 3.05) is 7.11 Å². The molecule has 0 aliphatic carbocycles. The average Bonchev–Trinajstić information content (AvgIpc) is 3.50. The molecule has 1 saturated heterocycles. The van der Waals surface area contributed by atoms with Gasteiger partial charge in [0.15, 0.2) is 0 Å². The number of hydrogen-bond acceptors (Lipinski definition) is 7. The van der Waals surface area contributed by atoms with Crippen molar-refractivity contribution >= 4 is 23.2 Å².